The summed E-state index contributed by atoms with van der Waals surface area (Å²) in [4.78, 5) is 0. The topological polar surface area (TPSA) is 9.23 Å². The number of rotatable bonds is 10. The van der Waals surface area contributed by atoms with E-state index in [0.29, 0.717) is 12.2 Å². The first-order valence-corrected chi connectivity index (χ1v) is 12.7. The average molecular weight is 421 g/mol. The van der Waals surface area contributed by atoms with Gasteiger partial charge >= 0.3 is 0 Å². The van der Waals surface area contributed by atoms with Gasteiger partial charge < -0.3 is 4.74 Å². The van der Waals surface area contributed by atoms with Crippen molar-refractivity contribution >= 4 is 0 Å². The van der Waals surface area contributed by atoms with Crippen molar-refractivity contribution in [2.75, 3.05) is 6.61 Å². The van der Waals surface area contributed by atoms with E-state index in [1.54, 1.807) is 12.1 Å². The predicted octanol–water partition coefficient (Wildman–Crippen LogP) is 8.80. The largest absolute Gasteiger partial charge is 0.490 e. The molecule has 2 aliphatic rings. The Hall–Kier alpha value is -1.12. The van der Waals surface area contributed by atoms with Crippen LogP contribution in [0.15, 0.2) is 12.1 Å². The lowest BCUT2D eigenvalue weighted by atomic mass is 9.74. The molecule has 170 valence electrons. The van der Waals surface area contributed by atoms with Crippen LogP contribution < -0.4 is 4.74 Å². The number of benzene rings is 1. The van der Waals surface area contributed by atoms with E-state index in [0.717, 1.165) is 62.7 Å². The van der Waals surface area contributed by atoms with Crippen molar-refractivity contribution in [3.63, 3.8) is 0 Å². The fourth-order valence-corrected chi connectivity index (χ4v) is 5.67. The summed E-state index contributed by atoms with van der Waals surface area (Å²) in [5, 5.41) is 0. The zero-order chi connectivity index (χ0) is 21.3. The molecule has 3 rings (SSSR count). The highest BCUT2D eigenvalue weighted by Crippen LogP contribution is 2.41. The van der Waals surface area contributed by atoms with E-state index in [4.69, 9.17) is 4.74 Å². The third-order valence-electron chi connectivity index (χ3n) is 7.90. The highest BCUT2D eigenvalue weighted by atomic mass is 19.2. The molecule has 3 heteroatoms. The molecule has 0 heterocycles. The summed E-state index contributed by atoms with van der Waals surface area (Å²) in [6.45, 7) is 4.89. The molecule has 1 aromatic carbocycles. The van der Waals surface area contributed by atoms with Gasteiger partial charge in [-0.2, -0.15) is 4.39 Å². The molecule has 0 atom stereocenters. The number of halogens is 2. The molecule has 0 N–H and O–H groups in total. The highest BCUT2D eigenvalue weighted by molar-refractivity contribution is 5.33. The Balaban J connectivity index is 1.43. The molecule has 0 radical (unpaired) electrons. The van der Waals surface area contributed by atoms with Crippen LogP contribution in [0.5, 0.6) is 5.75 Å². The summed E-state index contributed by atoms with van der Waals surface area (Å²) in [7, 11) is 0. The Labute approximate surface area is 183 Å². The first-order valence-electron chi connectivity index (χ1n) is 12.7. The third kappa shape index (κ3) is 6.44. The van der Waals surface area contributed by atoms with E-state index in [9.17, 15) is 8.78 Å². The van der Waals surface area contributed by atoms with Gasteiger partial charge in [0, 0.05) is 0 Å². The van der Waals surface area contributed by atoms with Crippen molar-refractivity contribution in [3.8, 4) is 5.75 Å². The zero-order valence-electron chi connectivity index (χ0n) is 19.2. The number of unbranched alkanes of at least 4 members (excludes halogenated alkanes) is 2. The van der Waals surface area contributed by atoms with E-state index >= 15 is 0 Å². The van der Waals surface area contributed by atoms with Gasteiger partial charge in [0.1, 0.15) is 0 Å². The molecule has 0 spiro atoms. The number of hydrogen-bond donors (Lipinski definition) is 0. The Kier molecular flexibility index (Phi) is 9.46. The van der Waals surface area contributed by atoms with Gasteiger partial charge in [0.25, 0.3) is 0 Å². The van der Waals surface area contributed by atoms with Crippen molar-refractivity contribution in [2.24, 2.45) is 17.8 Å². The fraction of sp³-hybridized carbons (Fsp3) is 0.778. The molecular formula is C27H42F2O. The van der Waals surface area contributed by atoms with Crippen molar-refractivity contribution in [3.05, 3.63) is 29.3 Å². The van der Waals surface area contributed by atoms with E-state index in [-0.39, 0.29) is 11.7 Å². The molecule has 0 aromatic heterocycles. The van der Waals surface area contributed by atoms with Crippen molar-refractivity contribution in [2.45, 2.75) is 110 Å². The van der Waals surface area contributed by atoms with E-state index in [1.165, 1.54) is 44.9 Å². The molecule has 0 amide bonds. The second-order valence-electron chi connectivity index (χ2n) is 9.93. The smallest absolute Gasteiger partial charge is 0.200 e. The Morgan fingerprint density at radius 1 is 0.767 bits per heavy atom. The fourth-order valence-electron chi connectivity index (χ4n) is 5.67. The minimum absolute atomic E-state index is 0.0684. The van der Waals surface area contributed by atoms with Crippen molar-refractivity contribution < 1.29 is 13.5 Å². The van der Waals surface area contributed by atoms with Crippen LogP contribution in [0, 0.1) is 29.4 Å². The molecule has 2 saturated carbocycles. The summed E-state index contributed by atoms with van der Waals surface area (Å²) >= 11 is 0. The Morgan fingerprint density at radius 2 is 1.37 bits per heavy atom. The molecule has 1 nitrogen and oxygen atoms in total. The maximum Gasteiger partial charge on any atom is 0.200 e. The van der Waals surface area contributed by atoms with Crippen LogP contribution in [0.3, 0.4) is 0 Å². The van der Waals surface area contributed by atoms with Crippen molar-refractivity contribution in [1.82, 2.24) is 0 Å². The lowest BCUT2D eigenvalue weighted by Gasteiger charge is -2.32. The number of hydrogen-bond acceptors (Lipinski definition) is 1. The average Bonchev–Trinajstić information content (AvgIpc) is 2.79. The lowest BCUT2D eigenvalue weighted by molar-refractivity contribution is 0.226. The third-order valence-corrected chi connectivity index (χ3v) is 7.90. The quantitative estimate of drug-likeness (QED) is 0.344. The van der Waals surface area contributed by atoms with E-state index < -0.39 is 11.6 Å². The summed E-state index contributed by atoms with van der Waals surface area (Å²) in [6, 6.07) is 3.41. The summed E-state index contributed by atoms with van der Waals surface area (Å²) in [5.74, 6) is 1.43. The van der Waals surface area contributed by atoms with Crippen LogP contribution in [0.25, 0.3) is 0 Å². The Morgan fingerprint density at radius 3 is 1.97 bits per heavy atom. The monoisotopic (exact) mass is 420 g/mol. The summed E-state index contributed by atoms with van der Waals surface area (Å²) < 4.78 is 34.7. The molecule has 0 saturated heterocycles. The molecular weight excluding hydrogens is 378 g/mol. The van der Waals surface area contributed by atoms with Gasteiger partial charge in [0.2, 0.25) is 5.82 Å². The van der Waals surface area contributed by atoms with Gasteiger partial charge in [0.05, 0.1) is 6.61 Å². The molecule has 0 unspecified atom stereocenters. The van der Waals surface area contributed by atoms with Gasteiger partial charge in [0.15, 0.2) is 11.6 Å². The van der Waals surface area contributed by atoms with E-state index in [2.05, 4.69) is 13.8 Å². The van der Waals surface area contributed by atoms with Crippen LogP contribution in [0.1, 0.15) is 115 Å². The second kappa shape index (κ2) is 12.1. The minimum atomic E-state index is -0.797. The van der Waals surface area contributed by atoms with Crippen LogP contribution in [-0.2, 0) is 0 Å². The van der Waals surface area contributed by atoms with Gasteiger partial charge in [-0.25, -0.2) is 4.39 Å². The molecule has 30 heavy (non-hydrogen) atoms. The summed E-state index contributed by atoms with van der Waals surface area (Å²) in [5.41, 5.74) is 0.560. The molecule has 2 fully saturated rings. The zero-order valence-corrected chi connectivity index (χ0v) is 19.2. The minimum Gasteiger partial charge on any atom is -0.490 e. The normalized spacial score (nSPS) is 27.2. The molecule has 1 aromatic rings. The molecule has 0 bridgehead atoms. The maximum atomic E-state index is 14.7. The predicted molar refractivity (Wildman–Crippen MR) is 121 cm³/mol. The molecule has 2 aliphatic carbocycles. The summed E-state index contributed by atoms with van der Waals surface area (Å²) in [6.07, 6.45) is 17.0. The Bertz CT molecular complexity index is 628. The molecule has 0 aliphatic heterocycles. The van der Waals surface area contributed by atoms with Crippen molar-refractivity contribution in [1.29, 1.82) is 0 Å². The maximum absolute atomic E-state index is 14.7. The SMILES string of the molecule is CCCCCOc1ccc(C2CCC(CCC3CCC(CC)CC3)CC2)c(F)c1F. The van der Waals surface area contributed by atoms with Gasteiger partial charge in [-0.3, -0.25) is 0 Å². The highest BCUT2D eigenvalue weighted by Gasteiger charge is 2.28. The first kappa shape index (κ1) is 23.5. The van der Waals surface area contributed by atoms with Gasteiger partial charge in [-0.15, -0.1) is 0 Å². The second-order valence-corrected chi connectivity index (χ2v) is 9.93. The first-order chi connectivity index (χ1) is 14.6. The van der Waals surface area contributed by atoms with Gasteiger partial charge in [-0.1, -0.05) is 77.7 Å². The standard InChI is InChI=1S/C27H42F2O/c1-3-5-6-19-30-25-18-17-24(26(28)27(25)29)23-15-13-22(14-16-23)12-11-21-9-7-20(4-2)8-10-21/h17-18,20-23H,3-16,19H2,1-2H3. The van der Waals surface area contributed by atoms with Crippen LogP contribution in [0.4, 0.5) is 8.78 Å². The van der Waals surface area contributed by atoms with Crippen LogP contribution >= 0.6 is 0 Å². The lowest BCUT2D eigenvalue weighted by Crippen LogP contribution is -2.18. The van der Waals surface area contributed by atoms with Gasteiger partial charge in [-0.05, 0) is 67.4 Å². The van der Waals surface area contributed by atoms with E-state index in [1.807, 2.05) is 0 Å². The van der Waals surface area contributed by atoms with Crippen LogP contribution in [0.2, 0.25) is 0 Å². The van der Waals surface area contributed by atoms with Crippen LogP contribution in [-0.4, -0.2) is 6.61 Å². The number of ether oxygens (including phenoxy) is 1.